The summed E-state index contributed by atoms with van der Waals surface area (Å²) in [6.45, 7) is 2.24. The second-order valence-corrected chi connectivity index (χ2v) is 4.05. The van der Waals surface area contributed by atoms with Crippen LogP contribution in [0.25, 0.3) is 0 Å². The van der Waals surface area contributed by atoms with Crippen LogP contribution in [0, 0.1) is 0 Å². The maximum Gasteiger partial charge on any atom is 0.237 e. The van der Waals surface area contributed by atoms with E-state index < -0.39 is 0 Å². The van der Waals surface area contributed by atoms with Crippen molar-refractivity contribution in [3.05, 3.63) is 0 Å². The largest absolute Gasteiger partial charge is 0.385 e. The summed E-state index contributed by atoms with van der Waals surface area (Å²) in [6.07, 6.45) is 2.87. The minimum atomic E-state index is -0.0904. The molecular formula is C11H22N2O3. The van der Waals surface area contributed by atoms with E-state index in [0.29, 0.717) is 0 Å². The quantitative estimate of drug-likeness (QED) is 0.600. The van der Waals surface area contributed by atoms with E-state index in [-0.39, 0.29) is 18.1 Å². The fourth-order valence-electron chi connectivity index (χ4n) is 1.79. The highest BCUT2D eigenvalue weighted by Crippen LogP contribution is 2.09. The first kappa shape index (κ1) is 13.4. The molecule has 0 aromatic heterocycles. The number of unbranched alkanes of at least 4 members (excludes halogenated alkanes) is 1. The van der Waals surface area contributed by atoms with Crippen LogP contribution in [0.5, 0.6) is 0 Å². The number of methoxy groups -OCH3 is 2. The number of rotatable bonds is 7. The summed E-state index contributed by atoms with van der Waals surface area (Å²) in [4.78, 5) is 11.7. The fraction of sp³-hybridized carbons (Fsp3) is 0.909. The van der Waals surface area contributed by atoms with Crippen LogP contribution in [0.4, 0.5) is 0 Å². The number of nitrogens with one attached hydrogen (secondary N) is 2. The molecule has 1 aliphatic rings. The van der Waals surface area contributed by atoms with Gasteiger partial charge in [0.2, 0.25) is 5.91 Å². The summed E-state index contributed by atoms with van der Waals surface area (Å²) in [5.74, 6) is 0.0805. The van der Waals surface area contributed by atoms with Gasteiger partial charge in [-0.3, -0.25) is 4.79 Å². The van der Waals surface area contributed by atoms with Crippen LogP contribution >= 0.6 is 0 Å². The molecule has 1 fully saturated rings. The van der Waals surface area contributed by atoms with E-state index in [2.05, 4.69) is 10.6 Å². The van der Waals surface area contributed by atoms with Gasteiger partial charge in [-0.1, -0.05) is 0 Å². The van der Waals surface area contributed by atoms with Crippen LogP contribution in [0.3, 0.4) is 0 Å². The topological polar surface area (TPSA) is 59.6 Å². The van der Waals surface area contributed by atoms with Crippen molar-refractivity contribution in [2.75, 3.05) is 33.9 Å². The van der Waals surface area contributed by atoms with Crippen molar-refractivity contribution in [2.45, 2.75) is 31.4 Å². The third kappa shape index (κ3) is 4.47. The van der Waals surface area contributed by atoms with Crippen molar-refractivity contribution >= 4 is 5.91 Å². The Morgan fingerprint density at radius 1 is 1.44 bits per heavy atom. The molecule has 1 saturated heterocycles. The Morgan fingerprint density at radius 3 is 2.88 bits per heavy atom. The van der Waals surface area contributed by atoms with Crippen molar-refractivity contribution in [3.8, 4) is 0 Å². The Bertz CT molecular complexity index is 211. The summed E-state index contributed by atoms with van der Waals surface area (Å²) < 4.78 is 10.1. The van der Waals surface area contributed by atoms with Gasteiger partial charge in [0.1, 0.15) is 0 Å². The van der Waals surface area contributed by atoms with Crippen molar-refractivity contribution in [1.82, 2.24) is 10.6 Å². The highest BCUT2D eigenvalue weighted by Gasteiger charge is 2.28. The first-order valence-electron chi connectivity index (χ1n) is 5.80. The van der Waals surface area contributed by atoms with Crippen LogP contribution in [0.1, 0.15) is 19.3 Å². The van der Waals surface area contributed by atoms with E-state index in [1.807, 2.05) is 0 Å². The zero-order valence-electron chi connectivity index (χ0n) is 10.1. The van der Waals surface area contributed by atoms with Gasteiger partial charge in [-0.05, 0) is 19.3 Å². The predicted octanol–water partition coefficient (Wildman–Crippen LogP) is -0.0939. The molecular weight excluding hydrogens is 208 g/mol. The van der Waals surface area contributed by atoms with Crippen LogP contribution in [-0.4, -0.2) is 52.0 Å². The molecule has 1 heterocycles. The lowest BCUT2D eigenvalue weighted by molar-refractivity contribution is -0.122. The van der Waals surface area contributed by atoms with Crippen LogP contribution in [0.15, 0.2) is 0 Å². The zero-order chi connectivity index (χ0) is 11.8. The van der Waals surface area contributed by atoms with Crippen LogP contribution in [-0.2, 0) is 14.3 Å². The molecule has 0 radical (unpaired) electrons. The van der Waals surface area contributed by atoms with Gasteiger partial charge in [0.15, 0.2) is 0 Å². The summed E-state index contributed by atoms with van der Waals surface area (Å²) in [5, 5.41) is 6.06. The first-order valence-corrected chi connectivity index (χ1v) is 5.80. The minimum Gasteiger partial charge on any atom is -0.385 e. The lowest BCUT2D eigenvalue weighted by atomic mass is 10.2. The molecule has 5 heteroatoms. The number of amides is 1. The Balaban J connectivity index is 2.06. The van der Waals surface area contributed by atoms with Crippen LogP contribution < -0.4 is 10.6 Å². The van der Waals surface area contributed by atoms with Gasteiger partial charge in [0.05, 0.1) is 12.1 Å². The van der Waals surface area contributed by atoms with Gasteiger partial charge in [0, 0.05) is 33.9 Å². The molecule has 2 atom stereocenters. The smallest absolute Gasteiger partial charge is 0.237 e. The Kier molecular flexibility index (Phi) is 6.37. The Hall–Kier alpha value is -0.650. The molecule has 0 aliphatic carbocycles. The van der Waals surface area contributed by atoms with Gasteiger partial charge < -0.3 is 20.1 Å². The fourth-order valence-corrected chi connectivity index (χ4v) is 1.79. The van der Waals surface area contributed by atoms with E-state index in [0.717, 1.165) is 39.0 Å². The van der Waals surface area contributed by atoms with E-state index in [1.54, 1.807) is 14.2 Å². The lowest BCUT2D eigenvalue weighted by Gasteiger charge is -2.11. The number of carbonyl (C=O) groups excluding carboxylic acids is 1. The molecule has 5 nitrogen and oxygen atoms in total. The highest BCUT2D eigenvalue weighted by atomic mass is 16.5. The first-order chi connectivity index (χ1) is 7.77. The number of carbonyl (C=O) groups is 1. The number of ether oxygens (including phenoxy) is 2. The Labute approximate surface area is 96.9 Å². The normalized spacial score (nSPS) is 24.6. The molecule has 2 N–H and O–H groups in total. The van der Waals surface area contributed by atoms with E-state index in [9.17, 15) is 4.79 Å². The van der Waals surface area contributed by atoms with Gasteiger partial charge in [-0.2, -0.15) is 0 Å². The molecule has 1 rings (SSSR count). The van der Waals surface area contributed by atoms with E-state index in [4.69, 9.17) is 9.47 Å². The maximum atomic E-state index is 11.7. The average molecular weight is 230 g/mol. The number of hydrogen-bond acceptors (Lipinski definition) is 4. The zero-order valence-corrected chi connectivity index (χ0v) is 10.1. The number of hydrogen-bond donors (Lipinski definition) is 2. The van der Waals surface area contributed by atoms with Crippen LogP contribution in [0.2, 0.25) is 0 Å². The third-order valence-corrected chi connectivity index (χ3v) is 2.81. The summed E-state index contributed by atoms with van der Waals surface area (Å²) >= 11 is 0. The SMILES string of the molecule is COCCCCNC(=O)C1CC(OC)CN1. The summed E-state index contributed by atoms with van der Waals surface area (Å²) in [6, 6.07) is -0.0904. The van der Waals surface area contributed by atoms with Gasteiger partial charge in [-0.15, -0.1) is 0 Å². The van der Waals surface area contributed by atoms with Crippen molar-refractivity contribution in [2.24, 2.45) is 0 Å². The monoisotopic (exact) mass is 230 g/mol. The Morgan fingerprint density at radius 2 is 2.25 bits per heavy atom. The molecule has 1 amide bonds. The molecule has 94 valence electrons. The predicted molar refractivity (Wildman–Crippen MR) is 61.3 cm³/mol. The second kappa shape index (κ2) is 7.60. The molecule has 2 unspecified atom stereocenters. The van der Waals surface area contributed by atoms with Crippen molar-refractivity contribution in [1.29, 1.82) is 0 Å². The molecule has 0 bridgehead atoms. The molecule has 1 aliphatic heterocycles. The molecule has 0 aromatic carbocycles. The molecule has 0 aromatic rings. The second-order valence-electron chi connectivity index (χ2n) is 4.05. The molecule has 16 heavy (non-hydrogen) atoms. The van der Waals surface area contributed by atoms with Gasteiger partial charge in [-0.25, -0.2) is 0 Å². The third-order valence-electron chi connectivity index (χ3n) is 2.81. The maximum absolute atomic E-state index is 11.7. The highest BCUT2D eigenvalue weighted by molar-refractivity contribution is 5.82. The van der Waals surface area contributed by atoms with Crippen molar-refractivity contribution < 1.29 is 14.3 Å². The standard InChI is InChI=1S/C11H22N2O3/c1-15-6-4-3-5-12-11(14)10-7-9(16-2)8-13-10/h9-10,13H,3-8H2,1-2H3,(H,12,14). The summed E-state index contributed by atoms with van der Waals surface area (Å²) in [5.41, 5.74) is 0. The lowest BCUT2D eigenvalue weighted by Crippen LogP contribution is -2.40. The van der Waals surface area contributed by atoms with E-state index in [1.165, 1.54) is 0 Å². The average Bonchev–Trinajstić information content (AvgIpc) is 2.77. The summed E-state index contributed by atoms with van der Waals surface area (Å²) in [7, 11) is 3.36. The molecule has 0 spiro atoms. The minimum absolute atomic E-state index is 0.0805. The van der Waals surface area contributed by atoms with Gasteiger partial charge >= 0.3 is 0 Å². The van der Waals surface area contributed by atoms with Crippen molar-refractivity contribution in [3.63, 3.8) is 0 Å². The van der Waals surface area contributed by atoms with Gasteiger partial charge in [0.25, 0.3) is 0 Å². The van der Waals surface area contributed by atoms with E-state index >= 15 is 0 Å². The molecule has 0 saturated carbocycles.